The molecular formula is C34H49INO4S-. The van der Waals surface area contributed by atoms with Gasteiger partial charge < -0.3 is 0 Å². The van der Waals surface area contributed by atoms with E-state index in [1.807, 2.05) is 46.1 Å². The number of carbonyl (C=O) groups is 1. The van der Waals surface area contributed by atoms with Gasteiger partial charge in [-0.15, -0.1) is 0 Å². The average Bonchev–Trinajstić information content (AvgIpc) is 3.36. The van der Waals surface area contributed by atoms with Crippen molar-refractivity contribution in [3.05, 3.63) is 63.6 Å². The van der Waals surface area contributed by atoms with Gasteiger partial charge in [-0.05, 0) is 0 Å². The summed E-state index contributed by atoms with van der Waals surface area (Å²) in [5.41, 5.74) is 3.73. The minimum absolute atomic E-state index is 0.0272. The van der Waals surface area contributed by atoms with Gasteiger partial charge in [0.05, 0.1) is 0 Å². The number of alkyl halides is 2. The van der Waals surface area contributed by atoms with Crippen LogP contribution < -0.4 is 21.2 Å². The van der Waals surface area contributed by atoms with Crippen LogP contribution in [-0.4, -0.2) is 47.8 Å². The number of Topliss-reactive ketones (excluding diaryl/α,β-unsaturated/α-hetero) is 1. The van der Waals surface area contributed by atoms with E-state index < -0.39 is 23.7 Å². The number of benzene rings is 1. The fraction of sp³-hybridized carbons (Fsp3) is 0.588. The third kappa shape index (κ3) is 10.1. The molecule has 0 fully saturated rings. The summed E-state index contributed by atoms with van der Waals surface area (Å²) in [5.74, 6) is -0.385. The van der Waals surface area contributed by atoms with Gasteiger partial charge in [-0.2, -0.15) is 0 Å². The third-order valence-electron chi connectivity index (χ3n) is 8.20. The molecule has 2 unspecified atom stereocenters. The number of carbonyl (C=O) groups excluding carboxylic acids is 1. The molecule has 0 saturated heterocycles. The van der Waals surface area contributed by atoms with Crippen LogP contribution in [0.4, 0.5) is 0 Å². The van der Waals surface area contributed by atoms with Crippen LogP contribution in [0.5, 0.6) is 0 Å². The van der Waals surface area contributed by atoms with E-state index in [2.05, 4.69) is 55.2 Å². The van der Waals surface area contributed by atoms with Crippen LogP contribution in [-0.2, 0) is 9.53 Å². The molecule has 0 radical (unpaired) electrons. The van der Waals surface area contributed by atoms with Crippen LogP contribution >= 0.6 is 11.3 Å². The van der Waals surface area contributed by atoms with E-state index in [1.165, 1.54) is 15.6 Å². The Bertz CT molecular complexity index is 1170. The number of nitrogens with zero attached hydrogens (tertiary/aromatic N) is 1. The van der Waals surface area contributed by atoms with Gasteiger partial charge in [0.25, 0.3) is 0 Å². The van der Waals surface area contributed by atoms with E-state index in [0.717, 1.165) is 29.1 Å². The summed E-state index contributed by atoms with van der Waals surface area (Å²) in [6.07, 6.45) is 5.62. The Morgan fingerprint density at radius 1 is 1.22 bits per heavy atom. The van der Waals surface area contributed by atoms with E-state index in [4.69, 9.17) is 4.74 Å². The quantitative estimate of drug-likeness (QED) is 0.361. The number of ether oxygens (including phenoxy) is 1. The molecule has 5 nitrogen and oxygen atoms in total. The van der Waals surface area contributed by atoms with Gasteiger partial charge in [-0.3, -0.25) is 0 Å². The molecule has 0 aliphatic carbocycles. The second-order valence-corrected chi connectivity index (χ2v) is 17.3. The molecule has 0 amide bonds. The predicted molar refractivity (Wildman–Crippen MR) is 166 cm³/mol. The molecule has 228 valence electrons. The van der Waals surface area contributed by atoms with Gasteiger partial charge in [0.2, 0.25) is 0 Å². The molecule has 0 spiro atoms. The Hall–Kier alpha value is -1.39. The molecule has 2 N–H and O–H groups in total. The number of aromatic nitrogens is 1. The summed E-state index contributed by atoms with van der Waals surface area (Å²) in [6, 6.07) is 10.5. The Morgan fingerprint density at radius 2 is 1.93 bits per heavy atom. The average molecular weight is 695 g/mol. The maximum atomic E-state index is 13.5. The fourth-order valence-corrected chi connectivity index (χ4v) is 9.44. The van der Waals surface area contributed by atoms with Gasteiger partial charge >= 0.3 is 263 Å². The van der Waals surface area contributed by atoms with Crippen LogP contribution in [0, 0.1) is 24.2 Å². The van der Waals surface area contributed by atoms with Crippen molar-refractivity contribution in [2.24, 2.45) is 17.3 Å². The number of ketones is 1. The molecule has 1 aliphatic heterocycles. The number of rotatable bonds is 5. The first-order valence-electron chi connectivity index (χ1n) is 14.9. The predicted octanol–water partition coefficient (Wildman–Crippen LogP) is 4.31. The number of thiazole rings is 1. The first-order chi connectivity index (χ1) is 19.4. The van der Waals surface area contributed by atoms with Gasteiger partial charge in [-0.25, -0.2) is 0 Å². The van der Waals surface area contributed by atoms with Gasteiger partial charge in [0.1, 0.15) is 0 Å². The standard InChI is InChI=1S/C34H49INO4S/c1-8-35-28-18-23(3)32(38)24(4)33(39)34(6,7)17-16-31(37)40-30(22(2)19-29-21-41-25(5)36-29)15-14-27(20-28)26-12-10-9-11-13-26/h9-14,19,21,23-24,28,30-32,37-38H,8,15-18,20H2,1-7H3/q-1/b22-19+,27-14-/t23-,24+,28?,30-,31?,32-/m0/s1. The molecule has 0 saturated carbocycles. The Kier molecular flexibility index (Phi) is 13.2. The van der Waals surface area contributed by atoms with Crippen molar-refractivity contribution in [1.82, 2.24) is 4.98 Å². The van der Waals surface area contributed by atoms with Crippen LogP contribution in [0.3, 0.4) is 0 Å². The summed E-state index contributed by atoms with van der Waals surface area (Å²) >= 11 is 1.54. The van der Waals surface area contributed by atoms with Crippen molar-refractivity contribution in [2.45, 2.75) is 103 Å². The summed E-state index contributed by atoms with van der Waals surface area (Å²) in [4.78, 5) is 18.1. The fourth-order valence-electron chi connectivity index (χ4n) is 5.67. The first-order valence-corrected chi connectivity index (χ1v) is 18.5. The number of allylic oxidation sites excluding steroid dienone is 1. The maximum absolute atomic E-state index is 13.5. The van der Waals surface area contributed by atoms with Crippen LogP contribution in [0.25, 0.3) is 11.6 Å². The zero-order valence-corrected chi connectivity index (χ0v) is 28.7. The molecule has 6 atom stereocenters. The number of halogens is 1. The van der Waals surface area contributed by atoms with Gasteiger partial charge in [0, 0.05) is 0 Å². The molecule has 1 aliphatic rings. The summed E-state index contributed by atoms with van der Waals surface area (Å²) in [7, 11) is 0. The zero-order chi connectivity index (χ0) is 30.2. The van der Waals surface area contributed by atoms with Crippen LogP contribution in [0.15, 0.2) is 47.4 Å². The molecule has 41 heavy (non-hydrogen) atoms. The van der Waals surface area contributed by atoms with E-state index in [1.54, 1.807) is 11.3 Å². The molecule has 2 heterocycles. The molecule has 2 aromatic rings. The second kappa shape index (κ2) is 15.9. The van der Waals surface area contributed by atoms with Crippen molar-refractivity contribution in [3.63, 3.8) is 0 Å². The second-order valence-electron chi connectivity index (χ2n) is 12.1. The van der Waals surface area contributed by atoms with Gasteiger partial charge in [-0.1, -0.05) is 0 Å². The van der Waals surface area contributed by atoms with E-state index in [0.29, 0.717) is 23.2 Å². The Morgan fingerprint density at radius 3 is 2.56 bits per heavy atom. The Balaban J connectivity index is 2.03. The minimum atomic E-state index is -1.01. The van der Waals surface area contributed by atoms with E-state index >= 15 is 0 Å². The van der Waals surface area contributed by atoms with Crippen molar-refractivity contribution in [3.8, 4) is 0 Å². The molecule has 7 heteroatoms. The zero-order valence-electron chi connectivity index (χ0n) is 25.8. The molecule has 0 bridgehead atoms. The van der Waals surface area contributed by atoms with Gasteiger partial charge in [0.15, 0.2) is 0 Å². The normalized spacial score (nSPS) is 30.6. The first kappa shape index (κ1) is 34.1. The van der Waals surface area contributed by atoms with Crippen LogP contribution in [0.2, 0.25) is 0 Å². The van der Waals surface area contributed by atoms with Crippen molar-refractivity contribution in [2.75, 3.05) is 4.43 Å². The number of aliphatic hydroxyl groups excluding tert-OH is 2. The van der Waals surface area contributed by atoms with Crippen molar-refractivity contribution < 1.29 is 40.9 Å². The number of hydrogen-bond donors (Lipinski definition) is 2. The topological polar surface area (TPSA) is 79.7 Å². The van der Waals surface area contributed by atoms with E-state index in [-0.39, 0.29) is 39.0 Å². The molecule has 1 aromatic carbocycles. The molecule has 1 aromatic heterocycles. The third-order valence-corrected chi connectivity index (χ3v) is 12.1. The number of hydrogen-bond acceptors (Lipinski definition) is 6. The summed E-state index contributed by atoms with van der Waals surface area (Å²) in [6.45, 7) is 14.1. The monoisotopic (exact) mass is 694 g/mol. The SMILES string of the molecule is CC[I-]C1C/C(c2ccccc2)=C/C[C@@H](/C(C)=C/c2csc(C)n2)OC(O)CCC(C)(C)C(=O)[C@H](C)[C@@H](O)[C@@H](C)C1. The molecular weight excluding hydrogens is 645 g/mol. The van der Waals surface area contributed by atoms with Crippen molar-refractivity contribution in [1.29, 1.82) is 0 Å². The van der Waals surface area contributed by atoms with Crippen molar-refractivity contribution >= 4 is 28.8 Å². The summed E-state index contributed by atoms with van der Waals surface area (Å²) in [5, 5.41) is 25.4. The van der Waals surface area contributed by atoms with E-state index in [9.17, 15) is 15.0 Å². The molecule has 3 rings (SSSR count). The van der Waals surface area contributed by atoms with Crippen LogP contribution in [0.1, 0.15) is 89.9 Å². The number of aliphatic hydroxyl groups is 2. The Labute approximate surface area is 261 Å². The number of aryl methyl sites for hydroxylation is 1. The summed E-state index contributed by atoms with van der Waals surface area (Å²) < 4.78 is 7.96.